The van der Waals surface area contributed by atoms with Crippen molar-refractivity contribution in [3.05, 3.63) is 12.3 Å². The highest BCUT2D eigenvalue weighted by Gasteiger charge is 1.91. The van der Waals surface area contributed by atoms with Gasteiger partial charge in [0.1, 0.15) is 0 Å². The number of rotatable bonds is 3. The normalized spacial score (nSPS) is 12.1. The number of carbonyl (C=O) groups excluding carboxylic acids is 1. The number of hydrogen-bond donors (Lipinski definition) is 1. The minimum atomic E-state index is -0.401. The summed E-state index contributed by atoms with van der Waals surface area (Å²) in [5.41, 5.74) is 0. The summed E-state index contributed by atoms with van der Waals surface area (Å²) < 4.78 is 4.35. The maximum atomic E-state index is 10.5. The van der Waals surface area contributed by atoms with Crippen LogP contribution in [0, 0.1) is 12.3 Å². The molecule has 11 heavy (non-hydrogen) atoms. The lowest BCUT2D eigenvalue weighted by molar-refractivity contribution is -0.134. The fourth-order valence-corrected chi connectivity index (χ4v) is 0.377. The van der Waals surface area contributed by atoms with Crippen molar-refractivity contribution in [2.45, 2.75) is 13.0 Å². The van der Waals surface area contributed by atoms with Gasteiger partial charge in [0.2, 0.25) is 0 Å². The summed E-state index contributed by atoms with van der Waals surface area (Å²) in [5.74, 6) is 2.04. The standard InChI is InChI=1S/C8H11NO2/c1-4-7(2)9-6-5-8(10)11-3/h1,5-7,9H,2-3H3/b6-5+. The molecule has 3 nitrogen and oxygen atoms in total. The van der Waals surface area contributed by atoms with Crippen LogP contribution in [0.3, 0.4) is 0 Å². The lowest BCUT2D eigenvalue weighted by Gasteiger charge is -2.00. The lowest BCUT2D eigenvalue weighted by Crippen LogP contribution is -2.17. The van der Waals surface area contributed by atoms with E-state index in [-0.39, 0.29) is 6.04 Å². The minimum Gasteiger partial charge on any atom is -0.466 e. The van der Waals surface area contributed by atoms with Crippen molar-refractivity contribution in [2.75, 3.05) is 7.11 Å². The van der Waals surface area contributed by atoms with Gasteiger partial charge in [0.15, 0.2) is 0 Å². The number of carbonyl (C=O) groups is 1. The van der Waals surface area contributed by atoms with E-state index in [2.05, 4.69) is 16.0 Å². The van der Waals surface area contributed by atoms with E-state index < -0.39 is 5.97 Å². The number of methoxy groups -OCH3 is 1. The van der Waals surface area contributed by atoms with Crippen LogP contribution in [0.25, 0.3) is 0 Å². The van der Waals surface area contributed by atoms with Crippen LogP contribution in [0.2, 0.25) is 0 Å². The zero-order valence-electron chi connectivity index (χ0n) is 6.63. The van der Waals surface area contributed by atoms with Gasteiger partial charge in [0.05, 0.1) is 13.2 Å². The maximum Gasteiger partial charge on any atom is 0.331 e. The topological polar surface area (TPSA) is 38.3 Å². The number of ether oxygens (including phenoxy) is 1. The minimum absolute atomic E-state index is 0.0732. The Morgan fingerprint density at radius 3 is 2.91 bits per heavy atom. The van der Waals surface area contributed by atoms with E-state index in [9.17, 15) is 4.79 Å². The molecule has 0 heterocycles. The fourth-order valence-electron chi connectivity index (χ4n) is 0.377. The SMILES string of the molecule is C#CC(C)N/C=C/C(=O)OC. The smallest absolute Gasteiger partial charge is 0.331 e. The number of esters is 1. The Labute approximate surface area is 66.4 Å². The van der Waals surface area contributed by atoms with Gasteiger partial charge < -0.3 is 10.1 Å². The maximum absolute atomic E-state index is 10.5. The molecule has 0 saturated carbocycles. The predicted molar refractivity (Wildman–Crippen MR) is 42.6 cm³/mol. The molecule has 1 unspecified atom stereocenters. The molecule has 0 saturated heterocycles. The summed E-state index contributed by atoms with van der Waals surface area (Å²) in [6.45, 7) is 1.81. The van der Waals surface area contributed by atoms with Crippen LogP contribution in [-0.4, -0.2) is 19.1 Å². The van der Waals surface area contributed by atoms with E-state index in [1.165, 1.54) is 19.4 Å². The summed E-state index contributed by atoms with van der Waals surface area (Å²) in [4.78, 5) is 10.5. The molecule has 0 radical (unpaired) electrons. The number of terminal acetylenes is 1. The van der Waals surface area contributed by atoms with Gasteiger partial charge in [-0.25, -0.2) is 4.79 Å². The quantitative estimate of drug-likeness (QED) is 0.359. The summed E-state index contributed by atoms with van der Waals surface area (Å²) >= 11 is 0. The van der Waals surface area contributed by atoms with Gasteiger partial charge in [-0.2, -0.15) is 0 Å². The van der Waals surface area contributed by atoms with Crippen LogP contribution in [-0.2, 0) is 9.53 Å². The van der Waals surface area contributed by atoms with Crippen molar-refractivity contribution in [1.82, 2.24) is 5.32 Å². The molecule has 0 bridgehead atoms. The second-order valence-electron chi connectivity index (χ2n) is 1.91. The molecule has 1 N–H and O–H groups in total. The van der Waals surface area contributed by atoms with Gasteiger partial charge in [-0.05, 0) is 6.92 Å². The third-order valence-corrected chi connectivity index (χ3v) is 1.02. The number of nitrogens with one attached hydrogen (secondary N) is 1. The zero-order chi connectivity index (χ0) is 8.69. The van der Waals surface area contributed by atoms with Crippen molar-refractivity contribution in [2.24, 2.45) is 0 Å². The zero-order valence-corrected chi connectivity index (χ0v) is 6.63. The monoisotopic (exact) mass is 153 g/mol. The van der Waals surface area contributed by atoms with Crippen LogP contribution >= 0.6 is 0 Å². The molecular formula is C8H11NO2. The number of hydrogen-bond acceptors (Lipinski definition) is 3. The summed E-state index contributed by atoms with van der Waals surface area (Å²) in [6, 6.07) is -0.0732. The first-order chi connectivity index (χ1) is 5.20. The van der Waals surface area contributed by atoms with Crippen molar-refractivity contribution in [3.8, 4) is 12.3 Å². The van der Waals surface area contributed by atoms with Gasteiger partial charge in [-0.3, -0.25) is 0 Å². The summed E-state index contributed by atoms with van der Waals surface area (Å²) in [6.07, 6.45) is 7.80. The largest absolute Gasteiger partial charge is 0.466 e. The Morgan fingerprint density at radius 2 is 2.45 bits per heavy atom. The molecule has 0 spiro atoms. The highest BCUT2D eigenvalue weighted by molar-refractivity contribution is 5.81. The molecule has 0 aliphatic rings. The fraction of sp³-hybridized carbons (Fsp3) is 0.375. The third kappa shape index (κ3) is 5.04. The molecule has 0 aromatic heterocycles. The molecule has 0 aromatic carbocycles. The Bertz CT molecular complexity index is 191. The van der Waals surface area contributed by atoms with E-state index in [0.29, 0.717) is 0 Å². The Balaban J connectivity index is 3.62. The first-order valence-corrected chi connectivity index (χ1v) is 3.17. The molecular weight excluding hydrogens is 142 g/mol. The average Bonchev–Trinajstić information content (AvgIpc) is 2.04. The molecule has 0 fully saturated rings. The van der Waals surface area contributed by atoms with E-state index >= 15 is 0 Å². The molecule has 1 atom stereocenters. The third-order valence-electron chi connectivity index (χ3n) is 1.02. The molecule has 60 valence electrons. The Morgan fingerprint density at radius 1 is 1.82 bits per heavy atom. The predicted octanol–water partition coefficient (Wildman–Crippen LogP) is 0.284. The van der Waals surface area contributed by atoms with Gasteiger partial charge >= 0.3 is 5.97 Å². The van der Waals surface area contributed by atoms with Crippen molar-refractivity contribution in [3.63, 3.8) is 0 Å². The molecule has 0 amide bonds. The van der Waals surface area contributed by atoms with Crippen LogP contribution < -0.4 is 5.32 Å². The van der Waals surface area contributed by atoms with Gasteiger partial charge in [-0.1, -0.05) is 5.92 Å². The molecule has 0 aliphatic heterocycles. The molecule has 0 aromatic rings. The van der Waals surface area contributed by atoms with E-state index in [1.807, 2.05) is 6.92 Å². The summed E-state index contributed by atoms with van der Waals surface area (Å²) in [5, 5.41) is 2.78. The first-order valence-electron chi connectivity index (χ1n) is 3.17. The van der Waals surface area contributed by atoms with Crippen LogP contribution in [0.4, 0.5) is 0 Å². The van der Waals surface area contributed by atoms with Crippen LogP contribution in [0.1, 0.15) is 6.92 Å². The van der Waals surface area contributed by atoms with Crippen molar-refractivity contribution in [1.29, 1.82) is 0 Å². The second-order valence-corrected chi connectivity index (χ2v) is 1.91. The average molecular weight is 153 g/mol. The Hall–Kier alpha value is -1.43. The van der Waals surface area contributed by atoms with Gasteiger partial charge in [-0.15, -0.1) is 6.42 Å². The van der Waals surface area contributed by atoms with Crippen molar-refractivity contribution >= 4 is 5.97 Å². The van der Waals surface area contributed by atoms with Gasteiger partial charge in [0.25, 0.3) is 0 Å². The van der Waals surface area contributed by atoms with Crippen LogP contribution in [0.5, 0.6) is 0 Å². The van der Waals surface area contributed by atoms with E-state index in [4.69, 9.17) is 6.42 Å². The second kappa shape index (κ2) is 5.36. The van der Waals surface area contributed by atoms with Gasteiger partial charge in [0, 0.05) is 12.3 Å². The van der Waals surface area contributed by atoms with Crippen LogP contribution in [0.15, 0.2) is 12.3 Å². The Kier molecular flexibility index (Phi) is 4.67. The molecule has 0 rings (SSSR count). The van der Waals surface area contributed by atoms with E-state index in [0.717, 1.165) is 0 Å². The van der Waals surface area contributed by atoms with E-state index in [1.54, 1.807) is 0 Å². The molecule has 3 heteroatoms. The highest BCUT2D eigenvalue weighted by Crippen LogP contribution is 1.78. The summed E-state index contributed by atoms with van der Waals surface area (Å²) in [7, 11) is 1.32. The lowest BCUT2D eigenvalue weighted by atomic mass is 10.4. The highest BCUT2D eigenvalue weighted by atomic mass is 16.5. The molecule has 0 aliphatic carbocycles. The van der Waals surface area contributed by atoms with Crippen molar-refractivity contribution < 1.29 is 9.53 Å². The first kappa shape index (κ1) is 9.57.